The van der Waals surface area contributed by atoms with Gasteiger partial charge in [-0.15, -0.1) is 0 Å². The van der Waals surface area contributed by atoms with Crippen molar-refractivity contribution in [3.8, 4) is 5.75 Å². The topological polar surface area (TPSA) is 170 Å². The van der Waals surface area contributed by atoms with Crippen LogP contribution < -0.4 is 27.1 Å². The molecule has 3 rings (SSSR count). The summed E-state index contributed by atoms with van der Waals surface area (Å²) in [6.45, 7) is -0.108. The summed E-state index contributed by atoms with van der Waals surface area (Å²) < 4.78 is 10.9. The second kappa shape index (κ2) is 9.96. The third kappa shape index (κ3) is 5.74. The van der Waals surface area contributed by atoms with E-state index in [0.717, 1.165) is 42.2 Å². The molecule has 0 fully saturated rings. The monoisotopic (exact) mass is 430 g/mol. The molecule has 0 unspecified atom stereocenters. The largest absolute Gasteiger partial charge is 0.484 e. The van der Waals surface area contributed by atoms with Gasteiger partial charge in [-0.3, -0.25) is 9.79 Å². The van der Waals surface area contributed by atoms with Crippen LogP contribution in [0.5, 0.6) is 5.75 Å². The van der Waals surface area contributed by atoms with Gasteiger partial charge in [0.2, 0.25) is 0 Å². The molecule has 0 saturated carbocycles. The first-order valence-corrected chi connectivity index (χ1v) is 10.1. The quantitative estimate of drug-likeness (QED) is 0.195. The molecular weight excluding hydrogens is 404 g/mol. The normalized spacial score (nSPS) is 13.8. The molecule has 0 spiro atoms. The lowest BCUT2D eigenvalue weighted by molar-refractivity contribution is -0.142. The van der Waals surface area contributed by atoms with Gasteiger partial charge in [0.1, 0.15) is 17.4 Å². The zero-order valence-electron chi connectivity index (χ0n) is 17.1. The summed E-state index contributed by atoms with van der Waals surface area (Å²) in [5.41, 5.74) is 12.3. The highest BCUT2D eigenvalue weighted by Crippen LogP contribution is 2.29. The minimum Gasteiger partial charge on any atom is -0.484 e. The summed E-state index contributed by atoms with van der Waals surface area (Å²) >= 11 is 0. The summed E-state index contributed by atoms with van der Waals surface area (Å²) in [7, 11) is 0. The number of rotatable bonds is 9. The molecular formula is C21H26N4O6. The van der Waals surface area contributed by atoms with Crippen LogP contribution in [0.15, 0.2) is 32.4 Å². The highest BCUT2D eigenvalue weighted by Gasteiger charge is 2.20. The number of nitrogens with two attached hydrogens (primary N) is 2. The van der Waals surface area contributed by atoms with Crippen molar-refractivity contribution in [1.29, 1.82) is 0 Å². The van der Waals surface area contributed by atoms with Crippen molar-refractivity contribution in [3.05, 3.63) is 39.7 Å². The number of benzene rings is 1. The van der Waals surface area contributed by atoms with Crippen LogP contribution in [0.4, 0.5) is 0 Å². The average molecular weight is 430 g/mol. The molecule has 1 amide bonds. The lowest BCUT2D eigenvalue weighted by Crippen LogP contribution is -2.43. The van der Waals surface area contributed by atoms with Crippen LogP contribution in [-0.2, 0) is 22.4 Å². The Hall–Kier alpha value is -3.56. The van der Waals surface area contributed by atoms with E-state index >= 15 is 0 Å². The molecule has 1 aliphatic rings. The molecule has 1 aliphatic carbocycles. The molecule has 0 bridgehead atoms. The van der Waals surface area contributed by atoms with E-state index in [0.29, 0.717) is 17.8 Å². The summed E-state index contributed by atoms with van der Waals surface area (Å²) in [4.78, 5) is 39.5. The number of aliphatic imine (C=N–C) groups is 1. The van der Waals surface area contributed by atoms with E-state index in [-0.39, 0.29) is 31.2 Å². The van der Waals surface area contributed by atoms with Gasteiger partial charge < -0.3 is 31.0 Å². The minimum absolute atomic E-state index is 0.0731. The molecule has 1 heterocycles. The van der Waals surface area contributed by atoms with Gasteiger partial charge in [-0.2, -0.15) is 0 Å². The average Bonchev–Trinajstić information content (AvgIpc) is 2.74. The van der Waals surface area contributed by atoms with Crippen LogP contribution in [0.1, 0.15) is 36.8 Å². The Balaban J connectivity index is 1.60. The van der Waals surface area contributed by atoms with Crippen molar-refractivity contribution in [3.63, 3.8) is 0 Å². The first kappa shape index (κ1) is 22.1. The number of hydrogen-bond acceptors (Lipinski definition) is 6. The fraction of sp³-hybridized carbons (Fsp3) is 0.429. The number of nitrogens with zero attached hydrogens (tertiary/aromatic N) is 1. The first-order chi connectivity index (χ1) is 14.8. The maximum atomic E-state index is 12.2. The molecule has 0 saturated heterocycles. The Morgan fingerprint density at radius 1 is 1.23 bits per heavy atom. The van der Waals surface area contributed by atoms with Crippen molar-refractivity contribution in [2.24, 2.45) is 16.5 Å². The number of nitrogens with one attached hydrogen (secondary N) is 1. The number of guanidine groups is 1. The Kier molecular flexibility index (Phi) is 7.11. The minimum atomic E-state index is -1.16. The Morgan fingerprint density at radius 2 is 1.97 bits per heavy atom. The van der Waals surface area contributed by atoms with E-state index in [1.807, 2.05) is 6.07 Å². The Morgan fingerprint density at radius 3 is 2.68 bits per heavy atom. The highest BCUT2D eigenvalue weighted by molar-refractivity contribution is 5.85. The fourth-order valence-corrected chi connectivity index (χ4v) is 3.66. The highest BCUT2D eigenvalue weighted by atomic mass is 16.5. The number of carbonyl (C=O) groups excluding carboxylic acids is 1. The van der Waals surface area contributed by atoms with Gasteiger partial charge >= 0.3 is 11.6 Å². The number of carboxylic acids is 1. The molecule has 2 aromatic rings. The molecule has 1 aromatic heterocycles. The molecule has 0 aliphatic heterocycles. The van der Waals surface area contributed by atoms with E-state index in [4.69, 9.17) is 20.6 Å². The van der Waals surface area contributed by atoms with Crippen LogP contribution in [-0.4, -0.2) is 42.1 Å². The summed E-state index contributed by atoms with van der Waals surface area (Å²) in [5, 5.41) is 12.6. The third-order valence-corrected chi connectivity index (χ3v) is 5.14. The molecule has 31 heavy (non-hydrogen) atoms. The van der Waals surface area contributed by atoms with E-state index < -0.39 is 17.9 Å². The molecule has 0 radical (unpaired) electrons. The number of fused-ring (bicyclic) bond motifs is 3. The van der Waals surface area contributed by atoms with Crippen LogP contribution >= 0.6 is 0 Å². The number of aliphatic carboxylic acids is 1. The molecule has 1 aromatic carbocycles. The predicted molar refractivity (Wildman–Crippen MR) is 114 cm³/mol. The van der Waals surface area contributed by atoms with Gasteiger partial charge in [-0.25, -0.2) is 9.59 Å². The van der Waals surface area contributed by atoms with Gasteiger partial charge in [0, 0.05) is 23.6 Å². The Labute approximate surface area is 178 Å². The maximum Gasteiger partial charge on any atom is 0.339 e. The number of carboxylic acid groups (broad SMARTS) is 1. The Bertz CT molecular complexity index is 1060. The maximum absolute atomic E-state index is 12.2. The molecule has 10 nitrogen and oxygen atoms in total. The SMILES string of the molecule is NC(N)=NCCC[C@@H](NC(=O)COc1ccc2c3c(c(=O)oc2c1)CCCC3)C(=O)O. The van der Waals surface area contributed by atoms with Crippen LogP contribution in [0.2, 0.25) is 0 Å². The van der Waals surface area contributed by atoms with E-state index in [9.17, 15) is 19.5 Å². The van der Waals surface area contributed by atoms with Gasteiger partial charge in [0.15, 0.2) is 12.6 Å². The van der Waals surface area contributed by atoms with Gasteiger partial charge in [0.25, 0.3) is 5.91 Å². The lowest BCUT2D eigenvalue weighted by atomic mass is 9.91. The standard InChI is InChI=1S/C21H26N4O6/c22-21(23)24-9-3-6-16(19(27)28)25-18(26)11-30-12-7-8-14-13-4-1-2-5-15(13)20(29)31-17(14)10-12/h7-8,10,16H,1-6,9,11H2,(H,25,26)(H,27,28)(H4,22,23,24)/t16-/m1/s1. The molecule has 1 atom stereocenters. The van der Waals surface area contributed by atoms with Crippen LogP contribution in [0, 0.1) is 0 Å². The fourth-order valence-electron chi connectivity index (χ4n) is 3.66. The number of carbonyl (C=O) groups is 2. The smallest absolute Gasteiger partial charge is 0.339 e. The number of aryl methyl sites for hydroxylation is 1. The summed E-state index contributed by atoms with van der Waals surface area (Å²) in [6, 6.07) is 4.02. The number of hydrogen-bond donors (Lipinski definition) is 4. The molecule has 6 N–H and O–H groups in total. The van der Waals surface area contributed by atoms with Crippen molar-refractivity contribution in [2.75, 3.05) is 13.2 Å². The van der Waals surface area contributed by atoms with Crippen molar-refractivity contribution in [1.82, 2.24) is 5.32 Å². The molecule has 10 heteroatoms. The van der Waals surface area contributed by atoms with Crippen molar-refractivity contribution >= 4 is 28.8 Å². The second-order valence-corrected chi connectivity index (χ2v) is 7.41. The zero-order chi connectivity index (χ0) is 22.4. The first-order valence-electron chi connectivity index (χ1n) is 10.1. The van der Waals surface area contributed by atoms with E-state index in [1.54, 1.807) is 12.1 Å². The van der Waals surface area contributed by atoms with Crippen LogP contribution in [0.25, 0.3) is 11.0 Å². The second-order valence-electron chi connectivity index (χ2n) is 7.41. The van der Waals surface area contributed by atoms with E-state index in [2.05, 4.69) is 10.3 Å². The van der Waals surface area contributed by atoms with Crippen LogP contribution in [0.3, 0.4) is 0 Å². The van der Waals surface area contributed by atoms with Gasteiger partial charge in [0.05, 0.1) is 0 Å². The molecule has 166 valence electrons. The predicted octanol–water partition coefficient (Wildman–Crippen LogP) is 0.674. The number of ether oxygens (including phenoxy) is 1. The summed E-state index contributed by atoms with van der Waals surface area (Å²) in [5.74, 6) is -1.46. The third-order valence-electron chi connectivity index (χ3n) is 5.14. The van der Waals surface area contributed by atoms with Gasteiger partial charge in [-0.1, -0.05) is 0 Å². The number of amides is 1. The van der Waals surface area contributed by atoms with Crippen molar-refractivity contribution < 1.29 is 23.8 Å². The lowest BCUT2D eigenvalue weighted by Gasteiger charge is -2.17. The zero-order valence-corrected chi connectivity index (χ0v) is 17.1. The van der Waals surface area contributed by atoms with E-state index in [1.165, 1.54) is 0 Å². The van der Waals surface area contributed by atoms with Gasteiger partial charge in [-0.05, 0) is 56.2 Å². The van der Waals surface area contributed by atoms with Crippen molar-refractivity contribution in [2.45, 2.75) is 44.6 Å². The summed E-state index contributed by atoms with van der Waals surface area (Å²) in [6.07, 6.45) is 4.13.